The maximum atomic E-state index is 13.7. The molecule has 0 aromatic heterocycles. The van der Waals surface area contributed by atoms with Crippen LogP contribution in [-0.4, -0.2) is 101 Å². The lowest BCUT2D eigenvalue weighted by atomic mass is 9.63. The predicted molar refractivity (Wildman–Crippen MR) is 211 cm³/mol. The number of carbonyl (C=O) groups excluding carboxylic acids is 1. The molecular weight excluding hydrogens is 708 g/mol. The molecule has 3 fully saturated rings. The molecule has 1 amide bonds. The minimum absolute atomic E-state index is 0.206. The molecule has 1 N–H and O–H groups in total. The van der Waals surface area contributed by atoms with E-state index in [1.54, 1.807) is 13.0 Å². The van der Waals surface area contributed by atoms with E-state index in [1.165, 1.54) is 36.9 Å². The fraction of sp³-hybridized carbons (Fsp3) is 0.643. The van der Waals surface area contributed by atoms with Gasteiger partial charge in [-0.3, -0.25) is 14.6 Å². The molecule has 8 rings (SSSR count). The molecule has 53 heavy (non-hydrogen) atoms. The average molecular weight is 765 g/mol. The molecule has 0 unspecified atom stereocenters. The summed E-state index contributed by atoms with van der Waals surface area (Å²) in [4.78, 5) is 21.4. The molecule has 2 saturated heterocycles. The third-order valence-electron chi connectivity index (χ3n) is 14.0. The van der Waals surface area contributed by atoms with Gasteiger partial charge in [-0.25, -0.2) is 13.1 Å². The first kappa shape index (κ1) is 37.3. The Morgan fingerprint density at radius 1 is 1.02 bits per heavy atom. The van der Waals surface area contributed by atoms with E-state index in [2.05, 4.69) is 43.7 Å². The molecule has 4 aliphatic heterocycles. The summed E-state index contributed by atoms with van der Waals surface area (Å²) in [6.07, 6.45) is 14.1. The van der Waals surface area contributed by atoms with Crippen LogP contribution >= 0.6 is 11.6 Å². The minimum atomic E-state index is -3.95. The van der Waals surface area contributed by atoms with Gasteiger partial charge in [0.05, 0.1) is 17.5 Å². The lowest BCUT2D eigenvalue weighted by Gasteiger charge is -2.53. The molecule has 9 nitrogen and oxygen atoms in total. The van der Waals surface area contributed by atoms with Crippen molar-refractivity contribution in [3.63, 3.8) is 0 Å². The van der Waals surface area contributed by atoms with Crippen LogP contribution < -0.4 is 14.4 Å². The molecule has 11 heteroatoms. The second kappa shape index (κ2) is 14.8. The number of fused-ring (bicyclic) bond motifs is 5. The van der Waals surface area contributed by atoms with Gasteiger partial charge >= 0.3 is 0 Å². The van der Waals surface area contributed by atoms with E-state index in [9.17, 15) is 13.2 Å². The molecule has 7 atom stereocenters. The summed E-state index contributed by atoms with van der Waals surface area (Å²) in [6, 6.07) is 12.3. The lowest BCUT2D eigenvalue weighted by Crippen LogP contribution is -2.61. The summed E-state index contributed by atoms with van der Waals surface area (Å²) in [5, 5.41) is -0.0127. The number of rotatable bonds is 3. The summed E-state index contributed by atoms with van der Waals surface area (Å²) in [6.45, 7) is 10.9. The van der Waals surface area contributed by atoms with Crippen LogP contribution in [0.1, 0.15) is 86.7 Å². The molecular formula is C42H57ClN4O5S. The van der Waals surface area contributed by atoms with Crippen molar-refractivity contribution in [1.29, 1.82) is 0 Å². The summed E-state index contributed by atoms with van der Waals surface area (Å²) in [5.74, 6) is 0.551. The van der Waals surface area contributed by atoms with Crippen molar-refractivity contribution in [2.24, 2.45) is 17.8 Å². The van der Waals surface area contributed by atoms with Crippen molar-refractivity contribution in [2.45, 2.75) is 93.9 Å². The van der Waals surface area contributed by atoms with Gasteiger partial charge in [0, 0.05) is 68.4 Å². The number of amides is 1. The number of methoxy groups -OCH3 is 1. The Bertz CT molecular complexity index is 1840. The molecule has 1 spiro atoms. The Morgan fingerprint density at radius 2 is 1.89 bits per heavy atom. The van der Waals surface area contributed by atoms with Gasteiger partial charge in [-0.2, -0.15) is 0 Å². The van der Waals surface area contributed by atoms with Gasteiger partial charge in [0.25, 0.3) is 5.91 Å². The van der Waals surface area contributed by atoms with Crippen molar-refractivity contribution in [3.8, 4) is 5.75 Å². The molecule has 2 aromatic carbocycles. The summed E-state index contributed by atoms with van der Waals surface area (Å²) in [7, 11) is -2.07. The van der Waals surface area contributed by atoms with Gasteiger partial charge in [0.2, 0.25) is 10.0 Å². The quantitative estimate of drug-likeness (QED) is 0.358. The van der Waals surface area contributed by atoms with Crippen molar-refractivity contribution >= 4 is 33.2 Å². The van der Waals surface area contributed by atoms with Crippen LogP contribution in [-0.2, 0) is 26.6 Å². The first-order chi connectivity index (χ1) is 25.5. The highest BCUT2D eigenvalue weighted by atomic mass is 35.5. The largest absolute Gasteiger partial charge is 0.490 e. The molecule has 6 aliphatic rings. The van der Waals surface area contributed by atoms with E-state index in [1.807, 2.05) is 32.2 Å². The van der Waals surface area contributed by atoms with Gasteiger partial charge in [0.15, 0.2) is 0 Å². The van der Waals surface area contributed by atoms with Crippen LogP contribution in [0.3, 0.4) is 0 Å². The van der Waals surface area contributed by atoms with Crippen molar-refractivity contribution in [1.82, 2.24) is 14.5 Å². The number of piperidine rings is 1. The van der Waals surface area contributed by atoms with Crippen molar-refractivity contribution < 1.29 is 22.7 Å². The van der Waals surface area contributed by atoms with Crippen LogP contribution in [0.2, 0.25) is 5.02 Å². The number of aryl methyl sites for hydroxylation is 1. The topological polar surface area (TPSA) is 91.4 Å². The SMILES string of the molecule is CO[C@@]1(CN2CCN3CCCC[C@H]3C2)/C=C\C[C@H](C)[C@@H](C)S(=O)(=O)NC(=O)c2ccc3c(c2)N(C[C@@H]2CC[C@H]21)C[C@@]1(CCCc2cc(Cl)ccc21)CO3. The molecule has 2 aliphatic carbocycles. The first-order valence-electron chi connectivity index (χ1n) is 20.1. The standard InChI is InChI=1S/C42H57ClN4O5S/c1-29-8-6-18-42(51-3,27-45-20-21-46-19-5-4-10-35(46)25-45)37-14-11-33(37)24-47-26-41(17-7-9-31-22-34(43)13-15-36(31)41)28-52-39-16-12-32(23-38(39)47)40(48)44-53(49,50)30(29)2/h6,12-13,15-16,18,22-23,29-30,33,35,37H,4-5,7-11,14,17,19-21,24-28H2,1-3H3,(H,44,48)/b18-6-/t29-,30+,33-,35-,37+,41-,42+/m0/s1. The zero-order valence-corrected chi connectivity index (χ0v) is 33.3. The van der Waals surface area contributed by atoms with E-state index in [4.69, 9.17) is 21.1 Å². The number of hydrogen-bond acceptors (Lipinski definition) is 8. The molecule has 0 radical (unpaired) electrons. The Labute approximate surface area is 321 Å². The Hall–Kier alpha value is -2.63. The third-order valence-corrected chi connectivity index (χ3v) is 16.2. The highest BCUT2D eigenvalue weighted by molar-refractivity contribution is 7.90. The number of hydrogen-bond donors (Lipinski definition) is 1. The van der Waals surface area contributed by atoms with E-state index in [0.717, 1.165) is 87.8 Å². The smallest absolute Gasteiger partial charge is 0.264 e. The summed E-state index contributed by atoms with van der Waals surface area (Å²) < 4.78 is 43.2. The number of sulfonamides is 1. The Kier molecular flexibility index (Phi) is 10.4. The number of halogens is 1. The van der Waals surface area contributed by atoms with Crippen LogP contribution in [0.4, 0.5) is 5.69 Å². The maximum Gasteiger partial charge on any atom is 0.264 e. The van der Waals surface area contributed by atoms with Crippen LogP contribution in [0.25, 0.3) is 0 Å². The molecule has 4 heterocycles. The fourth-order valence-electron chi connectivity index (χ4n) is 10.5. The average Bonchev–Trinajstić information content (AvgIpc) is 3.28. The zero-order chi connectivity index (χ0) is 37.0. The van der Waals surface area contributed by atoms with Gasteiger partial charge < -0.3 is 14.4 Å². The summed E-state index contributed by atoms with van der Waals surface area (Å²) in [5.41, 5.74) is 2.97. The highest BCUT2D eigenvalue weighted by Crippen LogP contribution is 2.49. The number of carbonyl (C=O) groups is 1. The van der Waals surface area contributed by atoms with Gasteiger partial charge in [-0.05, 0) is 124 Å². The lowest BCUT2D eigenvalue weighted by molar-refractivity contribution is -0.100. The van der Waals surface area contributed by atoms with Gasteiger partial charge in [0.1, 0.15) is 11.4 Å². The van der Waals surface area contributed by atoms with E-state index in [-0.39, 0.29) is 17.3 Å². The van der Waals surface area contributed by atoms with Crippen molar-refractivity contribution in [3.05, 3.63) is 70.3 Å². The number of ether oxygens (including phenoxy) is 2. The van der Waals surface area contributed by atoms with E-state index >= 15 is 0 Å². The van der Waals surface area contributed by atoms with Gasteiger partial charge in [-0.1, -0.05) is 43.2 Å². The number of anilines is 1. The number of nitrogens with zero attached hydrogens (tertiary/aromatic N) is 3. The minimum Gasteiger partial charge on any atom is -0.490 e. The second-order valence-electron chi connectivity index (χ2n) is 17.1. The monoisotopic (exact) mass is 764 g/mol. The van der Waals surface area contributed by atoms with Crippen molar-refractivity contribution in [2.75, 3.05) is 64.4 Å². The number of benzene rings is 2. The number of piperazine rings is 1. The van der Waals surface area contributed by atoms with Crippen LogP contribution in [0.5, 0.6) is 5.75 Å². The van der Waals surface area contributed by atoms with Crippen LogP contribution in [0, 0.1) is 17.8 Å². The first-order valence-corrected chi connectivity index (χ1v) is 22.0. The maximum absolute atomic E-state index is 13.7. The van der Waals surface area contributed by atoms with E-state index < -0.39 is 26.8 Å². The molecule has 2 aromatic rings. The number of allylic oxidation sites excluding steroid dienone is 1. The molecule has 2 bridgehead atoms. The Morgan fingerprint density at radius 3 is 2.70 bits per heavy atom. The van der Waals surface area contributed by atoms with Gasteiger partial charge in [-0.15, -0.1) is 0 Å². The zero-order valence-electron chi connectivity index (χ0n) is 31.7. The summed E-state index contributed by atoms with van der Waals surface area (Å²) >= 11 is 6.51. The third kappa shape index (κ3) is 7.16. The number of nitrogens with one attached hydrogen (secondary N) is 1. The Balaban J connectivity index is 1.19. The second-order valence-corrected chi connectivity index (χ2v) is 19.6. The van der Waals surface area contributed by atoms with Crippen LogP contribution in [0.15, 0.2) is 48.6 Å². The molecule has 1 saturated carbocycles. The molecule has 288 valence electrons. The van der Waals surface area contributed by atoms with E-state index in [0.29, 0.717) is 30.6 Å². The highest BCUT2D eigenvalue weighted by Gasteiger charge is 2.50. The normalized spacial score (nSPS) is 35.4. The fourth-order valence-corrected chi connectivity index (χ4v) is 12.0. The predicted octanol–water partition coefficient (Wildman–Crippen LogP) is 6.44.